The molecule has 0 saturated carbocycles. The van der Waals surface area contributed by atoms with E-state index in [1.807, 2.05) is 0 Å². The monoisotopic (exact) mass is 242 g/mol. The number of hydrogen-bond acceptors (Lipinski definition) is 5. The quantitative estimate of drug-likeness (QED) is 0.462. The first-order valence-corrected chi connectivity index (χ1v) is 5.00. The van der Waals surface area contributed by atoms with Gasteiger partial charge in [0.15, 0.2) is 0 Å². The molecule has 1 aromatic carbocycles. The summed E-state index contributed by atoms with van der Waals surface area (Å²) < 4.78 is 22.9. The van der Waals surface area contributed by atoms with E-state index in [4.69, 9.17) is 10.5 Å². The van der Waals surface area contributed by atoms with Gasteiger partial charge in [-0.3, -0.25) is 0 Å². The topological polar surface area (TPSA) is 73.6 Å². The smallest absolute Gasteiger partial charge is 0.340 e. The highest BCUT2D eigenvalue weighted by Gasteiger charge is 2.14. The average molecular weight is 242 g/mol. The Morgan fingerprint density at radius 3 is 2.76 bits per heavy atom. The maximum absolute atomic E-state index is 13.5. The van der Waals surface area contributed by atoms with Crippen molar-refractivity contribution in [2.45, 2.75) is 0 Å². The van der Waals surface area contributed by atoms with Crippen molar-refractivity contribution >= 4 is 17.3 Å². The van der Waals surface area contributed by atoms with Crippen LogP contribution in [0.15, 0.2) is 12.1 Å². The average Bonchev–Trinajstić information content (AvgIpc) is 2.31. The van der Waals surface area contributed by atoms with Crippen molar-refractivity contribution in [3.05, 3.63) is 23.5 Å². The lowest BCUT2D eigenvalue weighted by Crippen LogP contribution is -2.12. The molecular formula is C11H15FN2O3. The zero-order valence-corrected chi connectivity index (χ0v) is 9.75. The van der Waals surface area contributed by atoms with Crippen LogP contribution >= 0.6 is 0 Å². The number of rotatable bonds is 5. The minimum absolute atomic E-state index is 0.0478. The summed E-state index contributed by atoms with van der Waals surface area (Å²) in [4.78, 5) is 11.4. The summed E-state index contributed by atoms with van der Waals surface area (Å²) in [5.41, 5.74) is 5.90. The lowest BCUT2D eigenvalue weighted by atomic mass is 10.1. The zero-order chi connectivity index (χ0) is 12.8. The molecule has 5 nitrogen and oxygen atoms in total. The second-order valence-electron chi connectivity index (χ2n) is 3.33. The maximum Gasteiger partial charge on any atom is 0.340 e. The minimum atomic E-state index is -0.600. The Kier molecular flexibility index (Phi) is 4.71. The Morgan fingerprint density at radius 2 is 2.18 bits per heavy atom. The number of anilines is 2. The number of nitrogen functional groups attached to an aromatic ring is 1. The third-order valence-electron chi connectivity index (χ3n) is 2.17. The van der Waals surface area contributed by atoms with Crippen LogP contribution in [0, 0.1) is 5.82 Å². The van der Waals surface area contributed by atoms with Crippen LogP contribution in [0.4, 0.5) is 15.8 Å². The van der Waals surface area contributed by atoms with Crippen molar-refractivity contribution in [3.63, 3.8) is 0 Å². The van der Waals surface area contributed by atoms with Gasteiger partial charge in [0, 0.05) is 19.3 Å². The van der Waals surface area contributed by atoms with E-state index < -0.39 is 11.8 Å². The highest BCUT2D eigenvalue weighted by atomic mass is 19.1. The Labute approximate surface area is 98.7 Å². The zero-order valence-electron chi connectivity index (χ0n) is 9.75. The van der Waals surface area contributed by atoms with E-state index in [0.717, 1.165) is 6.07 Å². The predicted octanol–water partition coefficient (Wildman–Crippen LogP) is 1.25. The van der Waals surface area contributed by atoms with Gasteiger partial charge in [-0.25, -0.2) is 9.18 Å². The fourth-order valence-electron chi connectivity index (χ4n) is 1.30. The fraction of sp³-hybridized carbons (Fsp3) is 0.364. The van der Waals surface area contributed by atoms with E-state index in [0.29, 0.717) is 13.2 Å². The Bertz CT molecular complexity index is 410. The highest BCUT2D eigenvalue weighted by Crippen LogP contribution is 2.22. The van der Waals surface area contributed by atoms with Crippen molar-refractivity contribution in [2.75, 3.05) is 38.4 Å². The minimum Gasteiger partial charge on any atom is -0.465 e. The number of nitrogens with two attached hydrogens (primary N) is 1. The molecular weight excluding hydrogens is 227 g/mol. The van der Waals surface area contributed by atoms with Gasteiger partial charge >= 0.3 is 5.97 Å². The number of ether oxygens (including phenoxy) is 2. The van der Waals surface area contributed by atoms with Gasteiger partial charge < -0.3 is 20.5 Å². The van der Waals surface area contributed by atoms with Crippen molar-refractivity contribution in [1.29, 1.82) is 0 Å². The van der Waals surface area contributed by atoms with Gasteiger partial charge in [0.05, 0.1) is 25.0 Å². The molecule has 3 N–H and O–H groups in total. The molecule has 17 heavy (non-hydrogen) atoms. The predicted molar refractivity (Wildman–Crippen MR) is 62.5 cm³/mol. The molecule has 94 valence electrons. The number of carbonyl (C=O) groups is 1. The van der Waals surface area contributed by atoms with Crippen LogP contribution in [0.1, 0.15) is 10.4 Å². The number of esters is 1. The van der Waals surface area contributed by atoms with Crippen molar-refractivity contribution < 1.29 is 18.7 Å². The van der Waals surface area contributed by atoms with Gasteiger partial charge in [0.25, 0.3) is 0 Å². The molecule has 0 saturated heterocycles. The maximum atomic E-state index is 13.5. The molecule has 0 spiro atoms. The summed E-state index contributed by atoms with van der Waals surface area (Å²) in [7, 11) is 2.78. The van der Waals surface area contributed by atoms with Gasteiger partial charge in [-0.05, 0) is 12.1 Å². The molecule has 1 aromatic rings. The van der Waals surface area contributed by atoms with Crippen LogP contribution in [-0.4, -0.2) is 33.3 Å². The summed E-state index contributed by atoms with van der Waals surface area (Å²) in [6.45, 7) is 0.856. The third-order valence-corrected chi connectivity index (χ3v) is 2.17. The molecule has 0 amide bonds. The number of benzene rings is 1. The standard InChI is InChI=1S/C11H15FN2O3/c1-16-4-3-14-10-5-7(11(15)17-2)9(13)6-8(10)12/h5-6,14H,3-4,13H2,1-2H3. The summed E-state index contributed by atoms with van der Waals surface area (Å²) in [6.07, 6.45) is 0. The van der Waals surface area contributed by atoms with Crippen LogP contribution in [0.5, 0.6) is 0 Å². The largest absolute Gasteiger partial charge is 0.465 e. The third kappa shape index (κ3) is 3.32. The Hall–Kier alpha value is -1.82. The molecule has 0 radical (unpaired) electrons. The number of nitrogens with one attached hydrogen (secondary N) is 1. The molecule has 0 aliphatic carbocycles. The van der Waals surface area contributed by atoms with E-state index in [9.17, 15) is 9.18 Å². The number of hydrogen-bond donors (Lipinski definition) is 2. The van der Waals surface area contributed by atoms with E-state index in [-0.39, 0.29) is 16.9 Å². The van der Waals surface area contributed by atoms with Crippen molar-refractivity contribution in [2.24, 2.45) is 0 Å². The van der Waals surface area contributed by atoms with E-state index in [2.05, 4.69) is 10.1 Å². The molecule has 0 aliphatic rings. The van der Waals surface area contributed by atoms with Gasteiger partial charge in [-0.1, -0.05) is 0 Å². The number of methoxy groups -OCH3 is 2. The molecule has 6 heteroatoms. The Morgan fingerprint density at radius 1 is 1.47 bits per heavy atom. The molecule has 0 aromatic heterocycles. The second-order valence-corrected chi connectivity index (χ2v) is 3.33. The van der Waals surface area contributed by atoms with Crippen LogP contribution in [-0.2, 0) is 9.47 Å². The van der Waals surface area contributed by atoms with Crippen molar-refractivity contribution in [1.82, 2.24) is 0 Å². The first-order chi connectivity index (χ1) is 8.10. The van der Waals surface area contributed by atoms with Gasteiger partial charge in [0.1, 0.15) is 5.82 Å². The lowest BCUT2D eigenvalue weighted by molar-refractivity contribution is 0.0602. The summed E-state index contributed by atoms with van der Waals surface area (Å²) in [5, 5.41) is 2.80. The normalized spacial score (nSPS) is 10.1. The van der Waals surface area contributed by atoms with E-state index in [1.54, 1.807) is 7.11 Å². The molecule has 0 atom stereocenters. The van der Waals surface area contributed by atoms with Crippen LogP contribution in [0.3, 0.4) is 0 Å². The van der Waals surface area contributed by atoms with Gasteiger partial charge in [-0.15, -0.1) is 0 Å². The van der Waals surface area contributed by atoms with Gasteiger partial charge in [0.2, 0.25) is 0 Å². The first-order valence-electron chi connectivity index (χ1n) is 5.00. The van der Waals surface area contributed by atoms with Crippen molar-refractivity contribution in [3.8, 4) is 0 Å². The number of halogens is 1. The van der Waals surface area contributed by atoms with E-state index >= 15 is 0 Å². The Balaban J connectivity index is 2.93. The van der Waals surface area contributed by atoms with E-state index in [1.165, 1.54) is 13.2 Å². The molecule has 1 rings (SSSR count). The first kappa shape index (κ1) is 13.2. The van der Waals surface area contributed by atoms with Crippen LogP contribution in [0.25, 0.3) is 0 Å². The summed E-state index contributed by atoms with van der Waals surface area (Å²) in [6, 6.07) is 2.41. The van der Waals surface area contributed by atoms with Crippen LogP contribution in [0.2, 0.25) is 0 Å². The molecule has 0 aliphatic heterocycles. The molecule has 0 heterocycles. The highest BCUT2D eigenvalue weighted by molar-refractivity contribution is 5.96. The lowest BCUT2D eigenvalue weighted by Gasteiger charge is -2.10. The van der Waals surface area contributed by atoms with Crippen LogP contribution < -0.4 is 11.1 Å². The second kappa shape index (κ2) is 6.05. The summed E-state index contributed by atoms with van der Waals surface area (Å²) >= 11 is 0. The fourth-order valence-corrected chi connectivity index (χ4v) is 1.30. The number of carbonyl (C=O) groups excluding carboxylic acids is 1. The molecule has 0 bridgehead atoms. The summed E-state index contributed by atoms with van der Waals surface area (Å²) in [5.74, 6) is -1.12. The SMILES string of the molecule is COCCNc1cc(C(=O)OC)c(N)cc1F. The molecule has 0 fully saturated rings. The van der Waals surface area contributed by atoms with Gasteiger partial charge in [-0.2, -0.15) is 0 Å². The molecule has 0 unspecified atom stereocenters.